The normalized spacial score (nSPS) is 10.9. The molecule has 2 heterocycles. The van der Waals surface area contributed by atoms with E-state index in [4.69, 9.17) is 0 Å². The van der Waals surface area contributed by atoms with Crippen molar-refractivity contribution in [2.24, 2.45) is 0 Å². The van der Waals surface area contributed by atoms with Crippen molar-refractivity contribution in [3.05, 3.63) is 30.6 Å². The zero-order chi connectivity index (χ0) is 9.38. The van der Waals surface area contributed by atoms with Gasteiger partial charge in [0.1, 0.15) is 16.9 Å². The van der Waals surface area contributed by atoms with Crippen LogP contribution in [-0.4, -0.2) is 25.4 Å². The quantitative estimate of drug-likeness (QED) is 0.601. The molecule has 5 nitrogen and oxygen atoms in total. The second-order valence-electron chi connectivity index (χ2n) is 2.96. The molecule has 0 radical (unpaired) electrons. The summed E-state index contributed by atoms with van der Waals surface area (Å²) in [5, 5.41) is 10.6. The molecule has 0 spiro atoms. The summed E-state index contributed by atoms with van der Waals surface area (Å²) in [5.41, 5.74) is 2.72. The molecule has 0 fully saturated rings. The summed E-state index contributed by atoms with van der Waals surface area (Å²) >= 11 is 0. The SMILES string of the molecule is c1c[nH]c(-c2ccc3n[nH]nc3c2)n1. The molecule has 0 unspecified atom stereocenters. The molecule has 0 aliphatic heterocycles. The van der Waals surface area contributed by atoms with E-state index in [-0.39, 0.29) is 0 Å². The van der Waals surface area contributed by atoms with Gasteiger partial charge in [0.2, 0.25) is 0 Å². The van der Waals surface area contributed by atoms with Gasteiger partial charge in [0.05, 0.1) is 0 Å². The van der Waals surface area contributed by atoms with Gasteiger partial charge in [-0.25, -0.2) is 4.98 Å². The number of aromatic amines is 2. The number of hydrogen-bond donors (Lipinski definition) is 2. The van der Waals surface area contributed by atoms with Gasteiger partial charge in [-0.05, 0) is 18.2 Å². The van der Waals surface area contributed by atoms with Gasteiger partial charge in [0, 0.05) is 18.0 Å². The van der Waals surface area contributed by atoms with E-state index in [1.807, 2.05) is 18.2 Å². The van der Waals surface area contributed by atoms with Gasteiger partial charge < -0.3 is 4.98 Å². The fraction of sp³-hybridized carbons (Fsp3) is 0. The zero-order valence-corrected chi connectivity index (χ0v) is 7.23. The van der Waals surface area contributed by atoms with Crippen molar-refractivity contribution < 1.29 is 0 Å². The Hall–Kier alpha value is -2.17. The molecule has 0 aliphatic carbocycles. The third-order valence-corrected chi connectivity index (χ3v) is 2.09. The van der Waals surface area contributed by atoms with E-state index in [0.717, 1.165) is 22.4 Å². The van der Waals surface area contributed by atoms with Crippen LogP contribution < -0.4 is 0 Å². The summed E-state index contributed by atoms with van der Waals surface area (Å²) in [6.07, 6.45) is 3.52. The van der Waals surface area contributed by atoms with Crippen LogP contribution in [0.15, 0.2) is 30.6 Å². The number of benzene rings is 1. The van der Waals surface area contributed by atoms with Crippen molar-refractivity contribution in [3.63, 3.8) is 0 Å². The van der Waals surface area contributed by atoms with Crippen LogP contribution in [0.25, 0.3) is 22.4 Å². The summed E-state index contributed by atoms with van der Waals surface area (Å²) < 4.78 is 0. The summed E-state index contributed by atoms with van der Waals surface area (Å²) in [5.74, 6) is 0.843. The van der Waals surface area contributed by atoms with Crippen molar-refractivity contribution in [3.8, 4) is 11.4 Å². The van der Waals surface area contributed by atoms with E-state index in [0.29, 0.717) is 0 Å². The lowest BCUT2D eigenvalue weighted by atomic mass is 10.2. The molecule has 0 amide bonds. The molecule has 3 aromatic rings. The first-order chi connectivity index (χ1) is 6.93. The molecule has 14 heavy (non-hydrogen) atoms. The third kappa shape index (κ3) is 0.990. The summed E-state index contributed by atoms with van der Waals surface area (Å²) in [6.45, 7) is 0. The van der Waals surface area contributed by atoms with Crippen LogP contribution in [0.4, 0.5) is 0 Å². The van der Waals surface area contributed by atoms with Gasteiger partial charge in [-0.1, -0.05) is 0 Å². The minimum atomic E-state index is 0.843. The fourth-order valence-electron chi connectivity index (χ4n) is 1.41. The summed E-state index contributed by atoms with van der Waals surface area (Å²) in [4.78, 5) is 7.20. The molecule has 5 heteroatoms. The Labute approximate surface area is 79.2 Å². The monoisotopic (exact) mass is 185 g/mol. The average Bonchev–Trinajstić information content (AvgIpc) is 2.88. The largest absolute Gasteiger partial charge is 0.345 e. The first-order valence-electron chi connectivity index (χ1n) is 4.24. The van der Waals surface area contributed by atoms with E-state index in [2.05, 4.69) is 25.4 Å². The lowest BCUT2D eigenvalue weighted by Crippen LogP contribution is -1.80. The minimum absolute atomic E-state index is 0.843. The highest BCUT2D eigenvalue weighted by Crippen LogP contribution is 2.18. The second kappa shape index (κ2) is 2.66. The number of aromatic nitrogens is 5. The lowest BCUT2D eigenvalue weighted by molar-refractivity contribution is 0.959. The Morgan fingerprint density at radius 2 is 2.00 bits per heavy atom. The Kier molecular flexibility index (Phi) is 1.38. The molecule has 2 N–H and O–H groups in total. The standard InChI is InChI=1S/C9H7N5/c1-2-7-8(13-14-12-7)5-6(1)9-10-3-4-11-9/h1-5H,(H,10,11)(H,12,13,14). The number of fused-ring (bicyclic) bond motifs is 1. The Morgan fingerprint density at radius 3 is 2.86 bits per heavy atom. The lowest BCUT2D eigenvalue weighted by Gasteiger charge is -1.94. The molecule has 0 saturated carbocycles. The van der Waals surface area contributed by atoms with Crippen LogP contribution in [0.3, 0.4) is 0 Å². The number of imidazole rings is 1. The smallest absolute Gasteiger partial charge is 0.137 e. The van der Waals surface area contributed by atoms with Gasteiger partial charge in [-0.3, -0.25) is 0 Å². The van der Waals surface area contributed by atoms with Gasteiger partial charge in [0.25, 0.3) is 0 Å². The van der Waals surface area contributed by atoms with Crippen LogP contribution in [0.1, 0.15) is 0 Å². The van der Waals surface area contributed by atoms with Crippen molar-refractivity contribution in [1.82, 2.24) is 25.4 Å². The molecule has 0 atom stereocenters. The van der Waals surface area contributed by atoms with E-state index in [9.17, 15) is 0 Å². The maximum Gasteiger partial charge on any atom is 0.137 e. The maximum atomic E-state index is 4.16. The number of nitrogens with one attached hydrogen (secondary N) is 2. The topological polar surface area (TPSA) is 70.2 Å². The first kappa shape index (κ1) is 7.25. The first-order valence-corrected chi connectivity index (χ1v) is 4.24. The number of hydrogen-bond acceptors (Lipinski definition) is 3. The Balaban J connectivity index is 2.23. The van der Waals surface area contributed by atoms with Gasteiger partial charge in [0.15, 0.2) is 0 Å². The van der Waals surface area contributed by atoms with Gasteiger partial charge in [-0.2, -0.15) is 15.4 Å². The number of nitrogens with zero attached hydrogens (tertiary/aromatic N) is 3. The van der Waals surface area contributed by atoms with Crippen LogP contribution in [0.5, 0.6) is 0 Å². The molecule has 1 aromatic carbocycles. The highest BCUT2D eigenvalue weighted by Gasteiger charge is 2.02. The van der Waals surface area contributed by atoms with E-state index < -0.39 is 0 Å². The van der Waals surface area contributed by atoms with Crippen LogP contribution in [0, 0.1) is 0 Å². The minimum Gasteiger partial charge on any atom is -0.345 e. The van der Waals surface area contributed by atoms with Crippen LogP contribution in [-0.2, 0) is 0 Å². The molecule has 68 valence electrons. The maximum absolute atomic E-state index is 4.16. The molecule has 0 saturated heterocycles. The summed E-state index contributed by atoms with van der Waals surface area (Å²) in [7, 11) is 0. The highest BCUT2D eigenvalue weighted by atomic mass is 15.3. The van der Waals surface area contributed by atoms with Crippen LogP contribution in [0.2, 0.25) is 0 Å². The number of rotatable bonds is 1. The van der Waals surface area contributed by atoms with Crippen molar-refractivity contribution >= 4 is 11.0 Å². The predicted molar refractivity (Wildman–Crippen MR) is 51.5 cm³/mol. The molecular weight excluding hydrogens is 178 g/mol. The van der Waals surface area contributed by atoms with Crippen molar-refractivity contribution in [2.75, 3.05) is 0 Å². The Bertz CT molecular complexity index is 551. The predicted octanol–water partition coefficient (Wildman–Crippen LogP) is 1.35. The van der Waals surface area contributed by atoms with Crippen molar-refractivity contribution in [1.29, 1.82) is 0 Å². The molecule has 3 rings (SSSR count). The Morgan fingerprint density at radius 1 is 1.07 bits per heavy atom. The van der Waals surface area contributed by atoms with E-state index in [1.54, 1.807) is 12.4 Å². The second-order valence-corrected chi connectivity index (χ2v) is 2.96. The zero-order valence-electron chi connectivity index (χ0n) is 7.23. The molecule has 2 aromatic heterocycles. The average molecular weight is 185 g/mol. The van der Waals surface area contributed by atoms with E-state index >= 15 is 0 Å². The molecule has 0 bridgehead atoms. The molecule has 0 aliphatic rings. The fourth-order valence-corrected chi connectivity index (χ4v) is 1.41. The molecular formula is C9H7N5. The van der Waals surface area contributed by atoms with Gasteiger partial charge >= 0.3 is 0 Å². The van der Waals surface area contributed by atoms with Crippen LogP contribution >= 0.6 is 0 Å². The van der Waals surface area contributed by atoms with E-state index in [1.165, 1.54) is 0 Å². The number of H-pyrrole nitrogens is 2. The summed E-state index contributed by atoms with van der Waals surface area (Å²) in [6, 6.07) is 5.82. The highest BCUT2D eigenvalue weighted by molar-refractivity contribution is 5.79. The third-order valence-electron chi connectivity index (χ3n) is 2.09. The van der Waals surface area contributed by atoms with Gasteiger partial charge in [-0.15, -0.1) is 0 Å². The van der Waals surface area contributed by atoms with Crippen molar-refractivity contribution in [2.45, 2.75) is 0 Å².